The number of nitrogens with two attached hydrogens (primary N) is 1. The number of hydrogen-bond donors (Lipinski definition) is 3. The number of nitrogens with zero attached hydrogens (tertiary/aromatic N) is 3. The van der Waals surface area contributed by atoms with Gasteiger partial charge in [-0.15, -0.1) is 4.98 Å². The third kappa shape index (κ3) is 4.41. The molecule has 0 saturated carbocycles. The van der Waals surface area contributed by atoms with Gasteiger partial charge >= 0.3 is 0 Å². The number of nitrogens with one attached hydrogen (secondary N) is 2. The van der Waals surface area contributed by atoms with E-state index in [1.807, 2.05) is 0 Å². The van der Waals surface area contributed by atoms with Crippen molar-refractivity contribution in [2.24, 2.45) is 0 Å². The maximum absolute atomic E-state index is 12.3. The number of sulfone groups is 1. The van der Waals surface area contributed by atoms with Gasteiger partial charge in [-0.1, -0.05) is 18.3 Å². The second kappa shape index (κ2) is 7.98. The SMILES string of the molecule is [C-]#[N+]c1ncc2[nH]c(SCC(=O)Nc3ccc(OC)c(S(C)(=O)=O)c3)nc2c1N. The summed E-state index contributed by atoms with van der Waals surface area (Å²) in [5.74, 6) is -0.0667. The van der Waals surface area contributed by atoms with Crippen molar-refractivity contribution in [3.05, 3.63) is 35.8 Å². The number of rotatable bonds is 6. The number of carbonyl (C=O) groups excluding carboxylic acids is 1. The van der Waals surface area contributed by atoms with E-state index in [-0.39, 0.29) is 33.8 Å². The van der Waals surface area contributed by atoms with Gasteiger partial charge in [0, 0.05) is 11.9 Å². The van der Waals surface area contributed by atoms with Crippen LogP contribution >= 0.6 is 11.8 Å². The summed E-state index contributed by atoms with van der Waals surface area (Å²) in [5.41, 5.74) is 7.35. The number of imidazole rings is 1. The number of methoxy groups -OCH3 is 1. The number of hydrogen-bond acceptors (Lipinski definition) is 8. The van der Waals surface area contributed by atoms with Crippen molar-refractivity contribution >= 4 is 55.7 Å². The summed E-state index contributed by atoms with van der Waals surface area (Å²) in [6.45, 7) is 7.03. The quantitative estimate of drug-likeness (QED) is 0.397. The van der Waals surface area contributed by atoms with Crippen molar-refractivity contribution in [3.63, 3.8) is 0 Å². The number of carbonyl (C=O) groups is 1. The molecule has 0 bridgehead atoms. The summed E-state index contributed by atoms with van der Waals surface area (Å²) < 4.78 is 28.8. The van der Waals surface area contributed by atoms with E-state index in [0.29, 0.717) is 21.9 Å². The van der Waals surface area contributed by atoms with Crippen LogP contribution in [0, 0.1) is 6.57 Å². The average molecular weight is 432 g/mol. The standard InChI is InChI=1S/C17H16N6O4S2/c1-19-16-14(18)15-10(7-20-16)22-17(23-15)28-8-13(24)21-9-4-5-11(27-2)12(6-9)29(3,25)26/h4-7H,8,18H2,2-3H3,(H,21,24)(H,22,23). The van der Waals surface area contributed by atoms with Crippen LogP contribution in [0.5, 0.6) is 5.75 Å². The number of aromatic nitrogens is 3. The molecule has 0 atom stereocenters. The fourth-order valence-corrected chi connectivity index (χ4v) is 4.03. The molecule has 3 rings (SSSR count). The van der Waals surface area contributed by atoms with Gasteiger partial charge in [0.1, 0.15) is 27.9 Å². The summed E-state index contributed by atoms with van der Waals surface area (Å²) in [5, 5.41) is 3.08. The van der Waals surface area contributed by atoms with Gasteiger partial charge in [0.2, 0.25) is 5.91 Å². The molecule has 0 spiro atoms. The molecule has 12 heteroatoms. The van der Waals surface area contributed by atoms with Gasteiger partial charge in [0.15, 0.2) is 15.0 Å². The third-order valence-electron chi connectivity index (χ3n) is 3.81. The first-order chi connectivity index (χ1) is 13.7. The lowest BCUT2D eigenvalue weighted by Gasteiger charge is -2.10. The van der Waals surface area contributed by atoms with Gasteiger partial charge in [-0.3, -0.25) is 4.79 Å². The first-order valence-corrected chi connectivity index (χ1v) is 10.9. The van der Waals surface area contributed by atoms with Crippen LogP contribution in [0.2, 0.25) is 0 Å². The Morgan fingerprint density at radius 2 is 2.21 bits per heavy atom. The van der Waals surface area contributed by atoms with Crippen molar-refractivity contribution in [2.45, 2.75) is 10.1 Å². The topological polar surface area (TPSA) is 144 Å². The molecule has 0 saturated heterocycles. The highest BCUT2D eigenvalue weighted by molar-refractivity contribution is 7.99. The molecule has 4 N–H and O–H groups in total. The molecule has 2 aromatic heterocycles. The maximum atomic E-state index is 12.3. The number of thioether (sulfide) groups is 1. The molecule has 0 radical (unpaired) electrons. The Labute approximate surface area is 170 Å². The maximum Gasteiger partial charge on any atom is 0.294 e. The van der Waals surface area contributed by atoms with E-state index in [1.54, 1.807) is 6.07 Å². The molecule has 1 amide bonds. The van der Waals surface area contributed by atoms with Crippen LogP contribution in [0.1, 0.15) is 0 Å². The van der Waals surface area contributed by atoms with Crippen molar-refractivity contribution in [2.75, 3.05) is 30.2 Å². The number of anilines is 2. The van der Waals surface area contributed by atoms with E-state index >= 15 is 0 Å². The Hall–Kier alpha value is -3.30. The van der Waals surface area contributed by atoms with Crippen molar-refractivity contribution in [1.29, 1.82) is 0 Å². The zero-order valence-corrected chi connectivity index (χ0v) is 17.0. The highest BCUT2D eigenvalue weighted by Crippen LogP contribution is 2.30. The molecule has 0 aliphatic carbocycles. The Kier molecular flexibility index (Phi) is 5.62. The van der Waals surface area contributed by atoms with Crippen molar-refractivity contribution in [1.82, 2.24) is 15.0 Å². The number of nitrogen functional groups attached to an aromatic ring is 1. The summed E-state index contributed by atoms with van der Waals surface area (Å²) in [4.78, 5) is 26.7. The van der Waals surface area contributed by atoms with Gasteiger partial charge < -0.3 is 25.6 Å². The van der Waals surface area contributed by atoms with Gasteiger partial charge in [0.05, 0.1) is 18.6 Å². The van der Waals surface area contributed by atoms with Crippen molar-refractivity contribution < 1.29 is 17.9 Å². The van der Waals surface area contributed by atoms with E-state index in [2.05, 4.69) is 25.1 Å². The lowest BCUT2D eigenvalue weighted by atomic mass is 10.3. The third-order valence-corrected chi connectivity index (χ3v) is 5.81. The number of H-pyrrole nitrogens is 1. The predicted molar refractivity (Wildman–Crippen MR) is 110 cm³/mol. The lowest BCUT2D eigenvalue weighted by molar-refractivity contribution is -0.113. The van der Waals surface area contributed by atoms with Gasteiger partial charge in [0.25, 0.3) is 5.82 Å². The second-order valence-electron chi connectivity index (χ2n) is 5.89. The fourth-order valence-electron chi connectivity index (χ4n) is 2.50. The molecular weight excluding hydrogens is 416 g/mol. The Morgan fingerprint density at radius 1 is 1.45 bits per heavy atom. The molecule has 0 unspecified atom stereocenters. The van der Waals surface area contributed by atoms with E-state index < -0.39 is 9.84 Å². The second-order valence-corrected chi connectivity index (χ2v) is 8.83. The van der Waals surface area contributed by atoms with Gasteiger partial charge in [-0.2, -0.15) is 0 Å². The van der Waals surface area contributed by atoms with Crippen LogP contribution in [-0.4, -0.2) is 48.4 Å². The van der Waals surface area contributed by atoms with Crippen LogP contribution in [0.4, 0.5) is 17.2 Å². The number of fused-ring (bicyclic) bond motifs is 1. The van der Waals surface area contributed by atoms with Crippen molar-refractivity contribution in [3.8, 4) is 5.75 Å². The zero-order valence-electron chi connectivity index (χ0n) is 15.4. The minimum absolute atomic E-state index is 0.0127. The molecule has 1 aromatic carbocycles. The zero-order chi connectivity index (χ0) is 21.2. The van der Waals surface area contributed by atoms with E-state index in [1.165, 1.54) is 25.4 Å². The highest BCUT2D eigenvalue weighted by Gasteiger charge is 2.17. The van der Waals surface area contributed by atoms with E-state index in [9.17, 15) is 13.2 Å². The van der Waals surface area contributed by atoms with Gasteiger partial charge in [-0.25, -0.2) is 13.4 Å². The minimum Gasteiger partial charge on any atom is -0.495 e. The molecule has 29 heavy (non-hydrogen) atoms. The number of pyridine rings is 1. The van der Waals surface area contributed by atoms with Crippen LogP contribution in [0.3, 0.4) is 0 Å². The number of benzene rings is 1. The average Bonchev–Trinajstić information content (AvgIpc) is 3.10. The first kappa shape index (κ1) is 20.4. The summed E-state index contributed by atoms with van der Waals surface area (Å²) in [6, 6.07) is 4.37. The Bertz CT molecular complexity index is 1250. The molecule has 150 valence electrons. The van der Waals surface area contributed by atoms with Crippen LogP contribution in [-0.2, 0) is 14.6 Å². The molecular formula is C17H16N6O4S2. The largest absolute Gasteiger partial charge is 0.495 e. The molecule has 2 heterocycles. The molecule has 0 fully saturated rings. The van der Waals surface area contributed by atoms with Crippen LogP contribution < -0.4 is 15.8 Å². The molecule has 10 nitrogen and oxygen atoms in total. The normalized spacial score (nSPS) is 11.2. The smallest absolute Gasteiger partial charge is 0.294 e. The molecule has 0 aliphatic rings. The first-order valence-electron chi connectivity index (χ1n) is 8.05. The monoisotopic (exact) mass is 432 g/mol. The highest BCUT2D eigenvalue weighted by atomic mass is 32.2. The Morgan fingerprint density at radius 3 is 2.86 bits per heavy atom. The number of ether oxygens (including phenoxy) is 1. The summed E-state index contributed by atoms with van der Waals surface area (Å²) >= 11 is 1.13. The van der Waals surface area contributed by atoms with E-state index in [4.69, 9.17) is 17.0 Å². The fraction of sp³-hybridized carbons (Fsp3) is 0.176. The number of amides is 1. The summed E-state index contributed by atoms with van der Waals surface area (Å²) in [7, 11) is -2.15. The predicted octanol–water partition coefficient (Wildman–Crippen LogP) is 2.23. The molecule has 3 aromatic rings. The minimum atomic E-state index is -3.52. The van der Waals surface area contributed by atoms with E-state index in [0.717, 1.165) is 18.0 Å². The molecule has 0 aliphatic heterocycles. The van der Waals surface area contributed by atoms with Crippen LogP contribution in [0.25, 0.3) is 15.9 Å². The van der Waals surface area contributed by atoms with Crippen LogP contribution in [0.15, 0.2) is 34.4 Å². The van der Waals surface area contributed by atoms with Gasteiger partial charge in [-0.05, 0) is 18.2 Å². The lowest BCUT2D eigenvalue weighted by Crippen LogP contribution is -2.14. The Balaban J connectivity index is 1.71. The number of aromatic amines is 1. The summed E-state index contributed by atoms with van der Waals surface area (Å²) in [6.07, 6.45) is 2.52.